The standard InChI is InChI=1S/C14H14O.C5H7N.C2H6/c1-10-8-11(2)13-6-4-5-7-14(13)15-9-12(10)3;1-5-2-3-6-4-5;1-2/h4-9H,2H2,1,3H3;2-4,6H,1H3;1-2H3/b10-8-,12-9-;;. The van der Waals surface area contributed by atoms with E-state index in [-0.39, 0.29) is 0 Å². The molecule has 1 aromatic heterocycles. The van der Waals surface area contributed by atoms with Crippen LogP contribution in [-0.4, -0.2) is 4.98 Å². The lowest BCUT2D eigenvalue weighted by atomic mass is 10.0. The summed E-state index contributed by atoms with van der Waals surface area (Å²) in [4.78, 5) is 2.93. The summed E-state index contributed by atoms with van der Waals surface area (Å²) < 4.78 is 5.62. The minimum Gasteiger partial charge on any atom is -0.464 e. The van der Waals surface area contributed by atoms with Gasteiger partial charge in [0, 0.05) is 18.0 Å². The summed E-state index contributed by atoms with van der Waals surface area (Å²) in [6.45, 7) is 14.2. The Balaban J connectivity index is 0.000000276. The molecule has 0 amide bonds. The number of H-pyrrole nitrogens is 1. The minimum absolute atomic E-state index is 0.866. The van der Waals surface area contributed by atoms with Gasteiger partial charge in [0.1, 0.15) is 5.75 Å². The number of aryl methyl sites for hydroxylation is 1. The fourth-order valence-electron chi connectivity index (χ4n) is 1.94. The molecule has 1 N–H and O–H groups in total. The largest absolute Gasteiger partial charge is 0.464 e. The smallest absolute Gasteiger partial charge is 0.134 e. The molecule has 1 aromatic carbocycles. The quantitative estimate of drug-likeness (QED) is 0.607. The first-order valence-electron chi connectivity index (χ1n) is 7.97. The zero-order valence-electron chi connectivity index (χ0n) is 14.8. The third kappa shape index (κ3) is 5.67. The third-order valence-corrected chi connectivity index (χ3v) is 3.36. The molecule has 1 aliphatic heterocycles. The van der Waals surface area contributed by atoms with E-state index in [2.05, 4.69) is 31.5 Å². The molecule has 0 radical (unpaired) electrons. The zero-order chi connectivity index (χ0) is 17.2. The van der Waals surface area contributed by atoms with Crippen LogP contribution >= 0.6 is 0 Å². The highest BCUT2D eigenvalue weighted by atomic mass is 16.5. The Hall–Kier alpha value is -2.48. The number of fused-ring (bicyclic) bond motifs is 1. The van der Waals surface area contributed by atoms with Gasteiger partial charge in [-0.3, -0.25) is 0 Å². The second-order valence-electron chi connectivity index (χ2n) is 5.16. The number of nitrogens with one attached hydrogen (secondary N) is 1. The average Bonchev–Trinajstić information content (AvgIpc) is 3.05. The van der Waals surface area contributed by atoms with Gasteiger partial charge in [-0.25, -0.2) is 0 Å². The first-order valence-corrected chi connectivity index (χ1v) is 7.97. The van der Waals surface area contributed by atoms with Gasteiger partial charge in [-0.05, 0) is 55.2 Å². The molecular formula is C21H27NO. The van der Waals surface area contributed by atoms with Crippen LogP contribution in [0.25, 0.3) is 5.57 Å². The molecule has 2 heterocycles. The Morgan fingerprint density at radius 1 is 0.957 bits per heavy atom. The average molecular weight is 309 g/mol. The van der Waals surface area contributed by atoms with Gasteiger partial charge in [-0.1, -0.05) is 44.7 Å². The minimum atomic E-state index is 0.866. The molecule has 1 aliphatic rings. The summed E-state index contributed by atoms with van der Waals surface area (Å²) in [5.41, 5.74) is 5.66. The first kappa shape index (κ1) is 18.6. The zero-order valence-corrected chi connectivity index (χ0v) is 14.8. The van der Waals surface area contributed by atoms with Crippen molar-refractivity contribution in [3.8, 4) is 5.75 Å². The van der Waals surface area contributed by atoms with Gasteiger partial charge in [0.05, 0.1) is 6.26 Å². The van der Waals surface area contributed by atoms with Gasteiger partial charge >= 0.3 is 0 Å². The van der Waals surface area contributed by atoms with E-state index in [0.29, 0.717) is 0 Å². The van der Waals surface area contributed by atoms with Crippen LogP contribution in [0.2, 0.25) is 0 Å². The third-order valence-electron chi connectivity index (χ3n) is 3.36. The van der Waals surface area contributed by atoms with Crippen molar-refractivity contribution < 1.29 is 4.74 Å². The summed E-state index contributed by atoms with van der Waals surface area (Å²) >= 11 is 0. The Morgan fingerprint density at radius 2 is 1.65 bits per heavy atom. The van der Waals surface area contributed by atoms with Crippen molar-refractivity contribution in [1.82, 2.24) is 4.98 Å². The van der Waals surface area contributed by atoms with Crippen LogP contribution in [0.15, 0.2) is 72.8 Å². The van der Waals surface area contributed by atoms with Gasteiger partial charge in [0.2, 0.25) is 0 Å². The predicted octanol–water partition coefficient (Wildman–Crippen LogP) is 6.29. The SMILES string of the molecule is C=C1/C=C(C)\C(C)=C/Oc2ccccc21.CC.Cc1cc[nH]c1. The lowest BCUT2D eigenvalue weighted by Crippen LogP contribution is -1.95. The second kappa shape index (κ2) is 9.52. The van der Waals surface area contributed by atoms with Crippen molar-refractivity contribution in [2.45, 2.75) is 34.6 Å². The molecule has 0 unspecified atom stereocenters. The Bertz CT molecular complexity index is 676. The Kier molecular flexibility index (Phi) is 7.69. The maximum atomic E-state index is 5.62. The van der Waals surface area contributed by atoms with Gasteiger partial charge in [0.15, 0.2) is 0 Å². The van der Waals surface area contributed by atoms with Crippen molar-refractivity contribution >= 4 is 5.57 Å². The molecule has 3 rings (SSSR count). The van der Waals surface area contributed by atoms with Crippen molar-refractivity contribution in [3.05, 3.63) is 83.9 Å². The molecule has 2 heteroatoms. The molecule has 23 heavy (non-hydrogen) atoms. The highest BCUT2D eigenvalue weighted by Crippen LogP contribution is 2.29. The second-order valence-corrected chi connectivity index (χ2v) is 5.16. The summed E-state index contributed by atoms with van der Waals surface area (Å²) in [6, 6.07) is 9.97. The van der Waals surface area contributed by atoms with E-state index < -0.39 is 0 Å². The van der Waals surface area contributed by atoms with Gasteiger partial charge in [0.25, 0.3) is 0 Å². The van der Waals surface area contributed by atoms with Gasteiger partial charge in [-0.2, -0.15) is 0 Å². The molecule has 2 aromatic rings. The molecular weight excluding hydrogens is 282 g/mol. The van der Waals surface area contributed by atoms with Gasteiger partial charge in [-0.15, -0.1) is 0 Å². The number of rotatable bonds is 0. The van der Waals surface area contributed by atoms with Crippen molar-refractivity contribution in [2.75, 3.05) is 0 Å². The van der Waals surface area contributed by atoms with Crippen LogP contribution in [0.4, 0.5) is 0 Å². The molecule has 0 atom stereocenters. The molecule has 0 aliphatic carbocycles. The number of para-hydroxylation sites is 1. The first-order chi connectivity index (χ1) is 11.1. The van der Waals surface area contributed by atoms with Crippen molar-refractivity contribution in [3.63, 3.8) is 0 Å². The summed E-state index contributed by atoms with van der Waals surface area (Å²) in [7, 11) is 0. The van der Waals surface area contributed by atoms with E-state index in [9.17, 15) is 0 Å². The number of hydrogen-bond acceptors (Lipinski definition) is 1. The van der Waals surface area contributed by atoms with Crippen LogP contribution in [0.5, 0.6) is 5.75 Å². The Labute approximate surface area is 140 Å². The maximum Gasteiger partial charge on any atom is 0.134 e. The van der Waals surface area contributed by atoms with Crippen LogP contribution in [0.1, 0.15) is 38.8 Å². The summed E-state index contributed by atoms with van der Waals surface area (Å²) in [5, 5.41) is 0. The predicted molar refractivity (Wildman–Crippen MR) is 100 cm³/mol. The molecule has 0 saturated heterocycles. The molecule has 0 bridgehead atoms. The summed E-state index contributed by atoms with van der Waals surface area (Å²) in [6.07, 6.45) is 7.75. The van der Waals surface area contributed by atoms with Gasteiger partial charge < -0.3 is 9.72 Å². The van der Waals surface area contributed by atoms with E-state index in [1.807, 2.05) is 63.5 Å². The topological polar surface area (TPSA) is 25.0 Å². The van der Waals surface area contributed by atoms with Crippen LogP contribution in [0, 0.1) is 6.92 Å². The van der Waals surface area contributed by atoms with Crippen molar-refractivity contribution in [2.24, 2.45) is 0 Å². The van der Waals surface area contributed by atoms with Crippen LogP contribution in [-0.2, 0) is 0 Å². The molecule has 0 spiro atoms. The number of allylic oxidation sites excluding steroid dienone is 4. The summed E-state index contributed by atoms with van der Waals surface area (Å²) in [5.74, 6) is 0.866. The fraction of sp³-hybridized carbons (Fsp3) is 0.238. The van der Waals surface area contributed by atoms with E-state index in [4.69, 9.17) is 4.74 Å². The lowest BCUT2D eigenvalue weighted by Gasteiger charge is -2.13. The van der Waals surface area contributed by atoms with Crippen molar-refractivity contribution in [1.29, 1.82) is 0 Å². The number of ether oxygens (including phenoxy) is 1. The number of benzene rings is 1. The number of aromatic nitrogens is 1. The highest BCUT2D eigenvalue weighted by Gasteiger charge is 2.08. The number of aromatic amines is 1. The monoisotopic (exact) mass is 309 g/mol. The van der Waals surface area contributed by atoms with E-state index in [1.165, 1.54) is 11.1 Å². The number of hydrogen-bond donors (Lipinski definition) is 1. The lowest BCUT2D eigenvalue weighted by molar-refractivity contribution is 0.474. The molecule has 2 nitrogen and oxygen atoms in total. The van der Waals surface area contributed by atoms with E-state index >= 15 is 0 Å². The fourth-order valence-corrected chi connectivity index (χ4v) is 1.94. The highest BCUT2D eigenvalue weighted by molar-refractivity contribution is 5.77. The molecule has 0 fully saturated rings. The Morgan fingerprint density at radius 3 is 2.22 bits per heavy atom. The van der Waals surface area contributed by atoms with E-state index in [1.54, 1.807) is 6.26 Å². The molecule has 0 saturated carbocycles. The van der Waals surface area contributed by atoms with E-state index in [0.717, 1.165) is 22.5 Å². The van der Waals surface area contributed by atoms with Crippen LogP contribution in [0.3, 0.4) is 0 Å². The normalized spacial score (nSPS) is 17.2. The molecule has 122 valence electrons. The van der Waals surface area contributed by atoms with Crippen LogP contribution < -0.4 is 4.74 Å². The maximum absolute atomic E-state index is 5.62.